The van der Waals surface area contributed by atoms with Crippen molar-refractivity contribution in [2.75, 3.05) is 7.05 Å². The summed E-state index contributed by atoms with van der Waals surface area (Å²) in [5.41, 5.74) is 0.293. The van der Waals surface area contributed by atoms with Gasteiger partial charge in [0.05, 0.1) is 17.9 Å². The van der Waals surface area contributed by atoms with Gasteiger partial charge < -0.3 is 9.32 Å². The van der Waals surface area contributed by atoms with Gasteiger partial charge in [0.15, 0.2) is 0 Å². The number of rotatable bonds is 3. The summed E-state index contributed by atoms with van der Waals surface area (Å²) < 4.78 is 19.1. The summed E-state index contributed by atoms with van der Waals surface area (Å²) in [4.78, 5) is 13.9. The van der Waals surface area contributed by atoms with Crippen molar-refractivity contribution in [3.8, 4) is 0 Å². The zero-order chi connectivity index (χ0) is 14.0. The molecule has 2 rings (SSSR count). The molecule has 0 bridgehead atoms. The molecule has 0 radical (unpaired) electrons. The second-order valence-corrected chi connectivity index (χ2v) is 5.09. The molecule has 1 heterocycles. The van der Waals surface area contributed by atoms with Crippen LogP contribution in [-0.2, 0) is 0 Å². The van der Waals surface area contributed by atoms with Crippen LogP contribution in [0.4, 0.5) is 4.39 Å². The summed E-state index contributed by atoms with van der Waals surface area (Å²) in [5, 5.41) is 0. The molecule has 0 aliphatic carbocycles. The van der Waals surface area contributed by atoms with Crippen LogP contribution in [0, 0.1) is 5.82 Å². The molecular formula is C14H13BrFNO2. The minimum absolute atomic E-state index is 0.224. The third-order valence-corrected chi connectivity index (χ3v) is 3.71. The van der Waals surface area contributed by atoms with Crippen molar-refractivity contribution in [2.45, 2.75) is 13.0 Å². The molecule has 1 aromatic carbocycles. The van der Waals surface area contributed by atoms with Gasteiger partial charge in [-0.15, -0.1) is 0 Å². The van der Waals surface area contributed by atoms with Crippen molar-refractivity contribution in [2.24, 2.45) is 0 Å². The summed E-state index contributed by atoms with van der Waals surface area (Å²) in [6.45, 7) is 1.85. The Balaban J connectivity index is 2.26. The van der Waals surface area contributed by atoms with Crippen LogP contribution < -0.4 is 0 Å². The van der Waals surface area contributed by atoms with E-state index in [2.05, 4.69) is 15.9 Å². The zero-order valence-corrected chi connectivity index (χ0v) is 12.1. The van der Waals surface area contributed by atoms with Crippen molar-refractivity contribution >= 4 is 21.8 Å². The Morgan fingerprint density at radius 3 is 2.79 bits per heavy atom. The van der Waals surface area contributed by atoms with Gasteiger partial charge >= 0.3 is 0 Å². The van der Waals surface area contributed by atoms with Gasteiger partial charge in [0, 0.05) is 11.5 Å². The standard InChI is InChI=1S/C14H13BrFNO2/c1-9(13-4-3-7-19-13)17(2)14(18)11-8-10(16)5-6-12(11)15/h3-9H,1-2H3. The van der Waals surface area contributed by atoms with Gasteiger partial charge in [-0.2, -0.15) is 0 Å². The Hall–Kier alpha value is -1.62. The Morgan fingerprint density at radius 1 is 1.42 bits per heavy atom. The SMILES string of the molecule is CC(c1ccco1)N(C)C(=O)c1cc(F)ccc1Br. The van der Waals surface area contributed by atoms with Crippen molar-refractivity contribution in [1.29, 1.82) is 0 Å². The number of nitrogens with zero attached hydrogens (tertiary/aromatic N) is 1. The number of hydrogen-bond donors (Lipinski definition) is 0. The van der Waals surface area contributed by atoms with E-state index in [4.69, 9.17) is 4.42 Å². The maximum Gasteiger partial charge on any atom is 0.255 e. The van der Waals surface area contributed by atoms with Crippen LogP contribution in [0.3, 0.4) is 0 Å². The third kappa shape index (κ3) is 2.87. The monoisotopic (exact) mass is 325 g/mol. The van der Waals surface area contributed by atoms with E-state index in [0.29, 0.717) is 15.8 Å². The number of furan rings is 1. The summed E-state index contributed by atoms with van der Waals surface area (Å²) in [7, 11) is 1.66. The highest BCUT2D eigenvalue weighted by molar-refractivity contribution is 9.10. The Morgan fingerprint density at radius 2 is 2.16 bits per heavy atom. The lowest BCUT2D eigenvalue weighted by Gasteiger charge is -2.23. The number of carbonyl (C=O) groups is 1. The molecule has 0 spiro atoms. The fourth-order valence-electron chi connectivity index (χ4n) is 1.75. The van der Waals surface area contributed by atoms with Crippen LogP contribution in [0.5, 0.6) is 0 Å². The lowest BCUT2D eigenvalue weighted by Crippen LogP contribution is -2.29. The molecule has 1 amide bonds. The first kappa shape index (κ1) is 13.8. The van der Waals surface area contributed by atoms with Gasteiger partial charge in [-0.25, -0.2) is 4.39 Å². The molecule has 19 heavy (non-hydrogen) atoms. The molecule has 5 heteroatoms. The fourth-order valence-corrected chi connectivity index (χ4v) is 2.16. The molecule has 1 unspecified atom stereocenters. The van der Waals surface area contributed by atoms with Crippen LogP contribution in [0.15, 0.2) is 45.5 Å². The van der Waals surface area contributed by atoms with Gasteiger partial charge in [-0.05, 0) is 53.2 Å². The van der Waals surface area contributed by atoms with Crippen LogP contribution in [0.2, 0.25) is 0 Å². The second kappa shape index (κ2) is 5.57. The minimum Gasteiger partial charge on any atom is -0.467 e. The molecule has 2 aromatic rings. The summed E-state index contributed by atoms with van der Waals surface area (Å²) in [6.07, 6.45) is 1.56. The Bertz CT molecular complexity index is 583. The highest BCUT2D eigenvalue weighted by atomic mass is 79.9. The smallest absolute Gasteiger partial charge is 0.255 e. The van der Waals surface area contributed by atoms with Gasteiger partial charge in [0.25, 0.3) is 5.91 Å². The van der Waals surface area contributed by atoms with Gasteiger partial charge in [-0.1, -0.05) is 0 Å². The quantitative estimate of drug-likeness (QED) is 0.854. The van der Waals surface area contributed by atoms with Gasteiger partial charge in [-0.3, -0.25) is 4.79 Å². The maximum absolute atomic E-state index is 13.2. The third-order valence-electron chi connectivity index (χ3n) is 3.02. The highest BCUT2D eigenvalue weighted by Crippen LogP contribution is 2.24. The summed E-state index contributed by atoms with van der Waals surface area (Å²) in [6, 6.07) is 7.39. The molecule has 0 aliphatic heterocycles. The predicted octanol–water partition coefficient (Wildman–Crippen LogP) is 4.01. The first-order valence-electron chi connectivity index (χ1n) is 5.76. The molecule has 0 saturated heterocycles. The zero-order valence-electron chi connectivity index (χ0n) is 10.6. The maximum atomic E-state index is 13.2. The van der Waals surface area contributed by atoms with Crippen molar-refractivity contribution in [3.05, 3.63) is 58.2 Å². The number of hydrogen-bond acceptors (Lipinski definition) is 2. The van der Waals surface area contributed by atoms with E-state index in [1.165, 1.54) is 23.1 Å². The Labute approximate surface area is 119 Å². The van der Waals surface area contributed by atoms with Gasteiger partial charge in [0.1, 0.15) is 11.6 Å². The minimum atomic E-state index is -0.439. The first-order valence-corrected chi connectivity index (χ1v) is 6.55. The summed E-state index contributed by atoms with van der Waals surface area (Å²) in [5.74, 6) is -0.0238. The molecule has 1 aromatic heterocycles. The first-order chi connectivity index (χ1) is 9.00. The highest BCUT2D eigenvalue weighted by Gasteiger charge is 2.22. The van der Waals surface area contributed by atoms with Crippen LogP contribution in [-0.4, -0.2) is 17.9 Å². The van der Waals surface area contributed by atoms with Crippen LogP contribution in [0.1, 0.15) is 29.1 Å². The lowest BCUT2D eigenvalue weighted by atomic mass is 10.1. The van der Waals surface area contributed by atoms with Crippen LogP contribution >= 0.6 is 15.9 Å². The summed E-state index contributed by atoms with van der Waals surface area (Å²) >= 11 is 3.26. The number of carbonyl (C=O) groups excluding carboxylic acids is 1. The molecular weight excluding hydrogens is 313 g/mol. The van der Waals surface area contributed by atoms with E-state index in [-0.39, 0.29) is 11.9 Å². The topological polar surface area (TPSA) is 33.5 Å². The largest absolute Gasteiger partial charge is 0.467 e. The van der Waals surface area contributed by atoms with Gasteiger partial charge in [0.2, 0.25) is 0 Å². The fraction of sp³-hybridized carbons (Fsp3) is 0.214. The normalized spacial score (nSPS) is 12.2. The predicted molar refractivity (Wildman–Crippen MR) is 73.3 cm³/mol. The van der Waals surface area contributed by atoms with Crippen molar-refractivity contribution in [1.82, 2.24) is 4.90 Å². The molecule has 3 nitrogen and oxygen atoms in total. The molecule has 1 atom stereocenters. The molecule has 0 saturated carbocycles. The van der Waals surface area contributed by atoms with E-state index in [1.54, 1.807) is 25.4 Å². The molecule has 0 fully saturated rings. The average Bonchev–Trinajstić information content (AvgIpc) is 2.93. The van der Waals surface area contributed by atoms with E-state index in [1.807, 2.05) is 6.92 Å². The van der Waals surface area contributed by atoms with E-state index >= 15 is 0 Å². The number of halogens is 2. The molecule has 0 aliphatic rings. The lowest BCUT2D eigenvalue weighted by molar-refractivity contribution is 0.0725. The van der Waals surface area contributed by atoms with Crippen molar-refractivity contribution < 1.29 is 13.6 Å². The second-order valence-electron chi connectivity index (χ2n) is 4.23. The number of benzene rings is 1. The van der Waals surface area contributed by atoms with E-state index in [9.17, 15) is 9.18 Å². The van der Waals surface area contributed by atoms with E-state index < -0.39 is 5.82 Å². The van der Waals surface area contributed by atoms with E-state index in [0.717, 1.165) is 0 Å². The number of amides is 1. The van der Waals surface area contributed by atoms with Crippen molar-refractivity contribution in [3.63, 3.8) is 0 Å². The Kier molecular flexibility index (Phi) is 4.04. The molecule has 100 valence electrons. The average molecular weight is 326 g/mol. The van der Waals surface area contributed by atoms with Crippen LogP contribution in [0.25, 0.3) is 0 Å². The molecule has 0 N–H and O–H groups in total.